The van der Waals surface area contributed by atoms with Crippen LogP contribution in [0.5, 0.6) is 11.5 Å². The first-order valence-corrected chi connectivity index (χ1v) is 11.6. The first kappa shape index (κ1) is 23.9. The van der Waals surface area contributed by atoms with E-state index in [0.717, 1.165) is 24.0 Å². The van der Waals surface area contributed by atoms with E-state index in [1.165, 1.54) is 11.8 Å². The van der Waals surface area contributed by atoms with E-state index >= 15 is 0 Å². The quantitative estimate of drug-likeness (QED) is 0.364. The molecule has 164 valence electrons. The Labute approximate surface area is 200 Å². The van der Waals surface area contributed by atoms with Gasteiger partial charge in [-0.25, -0.2) is 0 Å². The Morgan fingerprint density at radius 3 is 2.71 bits per heavy atom. The van der Waals surface area contributed by atoms with Crippen molar-refractivity contribution in [2.45, 2.75) is 25.9 Å². The molecule has 9 heteroatoms. The molecule has 0 aliphatic carbocycles. The fraction of sp³-hybridized carbons (Fsp3) is 0.273. The lowest BCUT2D eigenvalue weighted by atomic mass is 10.1. The first-order chi connectivity index (χ1) is 14.9. The molecule has 0 spiro atoms. The molecule has 2 aromatic rings. The van der Waals surface area contributed by atoms with Gasteiger partial charge in [-0.3, -0.25) is 4.79 Å². The van der Waals surface area contributed by atoms with Crippen molar-refractivity contribution in [3.8, 4) is 11.5 Å². The summed E-state index contributed by atoms with van der Waals surface area (Å²) in [5.41, 5.74) is 1.63. The number of carbonyl (C=O) groups excluding carboxylic acids is 1. The Hall–Kier alpha value is -1.77. The number of thiocarbonyl (C=S) groups is 1. The van der Waals surface area contributed by atoms with E-state index in [9.17, 15) is 9.90 Å². The summed E-state index contributed by atoms with van der Waals surface area (Å²) in [6.45, 7) is 2.14. The number of amides is 1. The zero-order valence-electron chi connectivity index (χ0n) is 16.7. The number of ether oxygens (including phenoxy) is 2. The molecular formula is C22H21Cl2NO4S2. The summed E-state index contributed by atoms with van der Waals surface area (Å²) in [6, 6.07) is 10.7. The predicted molar refractivity (Wildman–Crippen MR) is 130 cm³/mol. The number of thioether (sulfide) groups is 1. The van der Waals surface area contributed by atoms with E-state index in [1.54, 1.807) is 30.3 Å². The fourth-order valence-electron chi connectivity index (χ4n) is 2.89. The van der Waals surface area contributed by atoms with Crippen LogP contribution in [0, 0.1) is 0 Å². The van der Waals surface area contributed by atoms with E-state index in [4.69, 9.17) is 44.9 Å². The van der Waals surface area contributed by atoms with Crippen LogP contribution in [-0.2, 0) is 11.2 Å². The van der Waals surface area contributed by atoms with Gasteiger partial charge in [-0.15, -0.1) is 0 Å². The number of hydrogen-bond acceptors (Lipinski definition) is 6. The molecule has 1 amide bonds. The van der Waals surface area contributed by atoms with Crippen molar-refractivity contribution >= 4 is 63.5 Å². The minimum atomic E-state index is -0.848. The fourth-order valence-corrected chi connectivity index (χ4v) is 4.36. The Morgan fingerprint density at radius 2 is 2.00 bits per heavy atom. The average molecular weight is 498 g/mol. The number of rotatable bonds is 9. The van der Waals surface area contributed by atoms with Gasteiger partial charge in [-0.1, -0.05) is 72.7 Å². The highest BCUT2D eigenvalue weighted by Crippen LogP contribution is 2.34. The maximum Gasteiger partial charge on any atom is 0.263 e. The number of aliphatic hydroxyl groups excluding tert-OH is 1. The minimum absolute atomic E-state index is 0.0454. The van der Waals surface area contributed by atoms with E-state index in [0.29, 0.717) is 30.8 Å². The molecule has 1 aliphatic heterocycles. The maximum absolute atomic E-state index is 11.8. The van der Waals surface area contributed by atoms with Gasteiger partial charge in [-0.2, -0.15) is 0 Å². The van der Waals surface area contributed by atoms with Gasteiger partial charge in [0.05, 0.1) is 15.0 Å². The Balaban J connectivity index is 1.57. The van der Waals surface area contributed by atoms with Crippen LogP contribution >= 0.6 is 47.2 Å². The molecule has 1 unspecified atom stereocenters. The van der Waals surface area contributed by atoms with Crippen molar-refractivity contribution in [2.75, 3.05) is 13.2 Å². The van der Waals surface area contributed by atoms with E-state index in [2.05, 4.69) is 5.32 Å². The van der Waals surface area contributed by atoms with Crippen LogP contribution in [0.1, 0.15) is 24.5 Å². The zero-order chi connectivity index (χ0) is 22.4. The highest BCUT2D eigenvalue weighted by molar-refractivity contribution is 8.26. The number of halogens is 2. The van der Waals surface area contributed by atoms with E-state index < -0.39 is 6.10 Å². The average Bonchev–Trinajstić information content (AvgIpc) is 3.06. The SMILES string of the molecule is CCCc1c(OCC(O)COc2cccc(/C=C3/SC(=S)NC3=O)c2)ccc(Cl)c1Cl. The molecule has 2 N–H and O–H groups in total. The lowest BCUT2D eigenvalue weighted by Crippen LogP contribution is -2.25. The molecule has 0 aromatic heterocycles. The normalized spacial score (nSPS) is 15.8. The van der Waals surface area contributed by atoms with E-state index in [-0.39, 0.29) is 19.1 Å². The summed E-state index contributed by atoms with van der Waals surface area (Å²) < 4.78 is 11.9. The summed E-state index contributed by atoms with van der Waals surface area (Å²) in [5, 5.41) is 13.8. The molecule has 3 rings (SSSR count). The zero-order valence-corrected chi connectivity index (χ0v) is 19.8. The number of nitrogens with one attached hydrogen (secondary N) is 1. The predicted octanol–water partition coefficient (Wildman–Crippen LogP) is 5.25. The third-order valence-corrected chi connectivity index (χ3v) is 6.33. The topological polar surface area (TPSA) is 67.8 Å². The maximum atomic E-state index is 11.8. The van der Waals surface area contributed by atoms with Gasteiger partial charge in [-0.05, 0) is 42.3 Å². The largest absolute Gasteiger partial charge is 0.491 e. The third kappa shape index (κ3) is 6.60. The summed E-state index contributed by atoms with van der Waals surface area (Å²) in [6.07, 6.45) is 2.51. The summed E-state index contributed by atoms with van der Waals surface area (Å²) in [5.74, 6) is 0.966. The molecule has 1 heterocycles. The van der Waals surface area contributed by atoms with Crippen molar-refractivity contribution in [2.24, 2.45) is 0 Å². The first-order valence-electron chi connectivity index (χ1n) is 9.62. The molecular weight excluding hydrogens is 477 g/mol. The van der Waals surface area contributed by atoms with Crippen molar-refractivity contribution in [3.05, 3.63) is 62.5 Å². The van der Waals surface area contributed by atoms with Crippen molar-refractivity contribution in [1.29, 1.82) is 0 Å². The molecule has 1 atom stereocenters. The smallest absolute Gasteiger partial charge is 0.263 e. The van der Waals surface area contributed by atoms with Gasteiger partial charge < -0.3 is 19.9 Å². The van der Waals surface area contributed by atoms with Crippen LogP contribution < -0.4 is 14.8 Å². The van der Waals surface area contributed by atoms with Gasteiger partial charge in [0.2, 0.25) is 0 Å². The van der Waals surface area contributed by atoms with Gasteiger partial charge >= 0.3 is 0 Å². The Morgan fingerprint density at radius 1 is 1.23 bits per heavy atom. The summed E-state index contributed by atoms with van der Waals surface area (Å²) in [4.78, 5) is 12.3. The lowest BCUT2D eigenvalue weighted by Gasteiger charge is -2.17. The second-order valence-electron chi connectivity index (χ2n) is 6.79. The second-order valence-corrected chi connectivity index (χ2v) is 9.29. The molecule has 0 bridgehead atoms. The highest BCUT2D eigenvalue weighted by Gasteiger charge is 2.22. The summed E-state index contributed by atoms with van der Waals surface area (Å²) >= 11 is 18.6. The molecule has 31 heavy (non-hydrogen) atoms. The van der Waals surface area contributed by atoms with Crippen LogP contribution in [-0.4, -0.2) is 34.7 Å². The van der Waals surface area contributed by atoms with Gasteiger partial charge in [0.25, 0.3) is 5.91 Å². The van der Waals surface area contributed by atoms with Crippen molar-refractivity contribution in [3.63, 3.8) is 0 Å². The Kier molecular flexibility index (Phi) is 8.63. The number of aliphatic hydroxyl groups is 1. The monoisotopic (exact) mass is 497 g/mol. The minimum Gasteiger partial charge on any atom is -0.491 e. The second kappa shape index (κ2) is 11.2. The van der Waals surface area contributed by atoms with Crippen LogP contribution in [0.25, 0.3) is 6.08 Å². The standard InChI is InChI=1S/C22H21Cl2NO4S2/c1-2-4-16-18(8-7-17(23)20(16)24)29-12-14(26)11-28-15-6-3-5-13(9-15)10-19-21(27)25-22(30)31-19/h3,5-10,14,26H,2,4,11-12H2,1H3,(H,25,27,30)/b19-10+. The van der Waals surface area contributed by atoms with Crippen LogP contribution in [0.3, 0.4) is 0 Å². The van der Waals surface area contributed by atoms with Gasteiger partial charge in [0.15, 0.2) is 0 Å². The lowest BCUT2D eigenvalue weighted by molar-refractivity contribution is -0.115. The number of carbonyl (C=O) groups is 1. The Bertz CT molecular complexity index is 1010. The molecule has 1 saturated heterocycles. The molecule has 1 fully saturated rings. The molecule has 2 aromatic carbocycles. The summed E-state index contributed by atoms with van der Waals surface area (Å²) in [7, 11) is 0. The highest BCUT2D eigenvalue weighted by atomic mass is 35.5. The van der Waals surface area contributed by atoms with Crippen molar-refractivity contribution < 1.29 is 19.4 Å². The third-order valence-electron chi connectivity index (χ3n) is 4.32. The van der Waals surface area contributed by atoms with Crippen LogP contribution in [0.2, 0.25) is 10.0 Å². The van der Waals surface area contributed by atoms with Gasteiger partial charge in [0, 0.05) is 5.56 Å². The molecule has 1 aliphatic rings. The number of hydrogen-bond donors (Lipinski definition) is 2. The van der Waals surface area contributed by atoms with Crippen LogP contribution in [0.4, 0.5) is 0 Å². The van der Waals surface area contributed by atoms with Crippen molar-refractivity contribution in [1.82, 2.24) is 5.32 Å². The molecule has 0 saturated carbocycles. The van der Waals surface area contributed by atoms with Crippen LogP contribution in [0.15, 0.2) is 41.3 Å². The molecule has 5 nitrogen and oxygen atoms in total. The van der Waals surface area contributed by atoms with Gasteiger partial charge in [0.1, 0.15) is 35.1 Å². The number of benzene rings is 2. The van der Waals surface area contributed by atoms with E-state index in [1.807, 2.05) is 19.1 Å². The molecule has 0 radical (unpaired) electrons.